The molecule has 1 aromatic rings. The molecule has 0 aliphatic rings. The van der Waals surface area contributed by atoms with E-state index in [4.69, 9.17) is 4.74 Å². The first-order valence-corrected chi connectivity index (χ1v) is 4.53. The molecule has 0 saturated heterocycles. The molecule has 1 rings (SSSR count). The largest absolute Gasteiger partial charge is 0.425 e. The third-order valence-electron chi connectivity index (χ3n) is 1.23. The van der Waals surface area contributed by atoms with Gasteiger partial charge in [0.05, 0.1) is 0 Å². The standard InChI is InChI=1S/C8H7IN2O2/c9-11-10-6-8(12)13-7-4-2-1-3-5-7/h1-5H,6H2/b11-10+. The second-order valence-electron chi connectivity index (χ2n) is 2.16. The molecule has 0 aliphatic carbocycles. The van der Waals surface area contributed by atoms with Crippen LogP contribution in [0.4, 0.5) is 0 Å². The first-order chi connectivity index (χ1) is 6.33. The molecule has 0 N–H and O–H groups in total. The van der Waals surface area contributed by atoms with Gasteiger partial charge in [-0.15, -0.1) is 3.33 Å². The summed E-state index contributed by atoms with van der Waals surface area (Å²) in [4.78, 5) is 11.0. The van der Waals surface area contributed by atoms with Gasteiger partial charge in [-0.25, -0.2) is 4.79 Å². The summed E-state index contributed by atoms with van der Waals surface area (Å²) in [5, 5.41) is 3.51. The topological polar surface area (TPSA) is 51.0 Å². The van der Waals surface area contributed by atoms with Gasteiger partial charge in [0.2, 0.25) is 0 Å². The highest BCUT2D eigenvalue weighted by Crippen LogP contribution is 2.08. The second-order valence-corrected chi connectivity index (χ2v) is 2.59. The molecule has 0 amide bonds. The van der Waals surface area contributed by atoms with Crippen molar-refractivity contribution in [3.63, 3.8) is 0 Å². The summed E-state index contributed by atoms with van der Waals surface area (Å²) in [6, 6.07) is 8.85. The van der Waals surface area contributed by atoms with Crippen molar-refractivity contribution >= 4 is 28.8 Å². The van der Waals surface area contributed by atoms with Gasteiger partial charge in [0, 0.05) is 0 Å². The van der Waals surface area contributed by atoms with Gasteiger partial charge < -0.3 is 4.74 Å². The van der Waals surface area contributed by atoms with E-state index in [-0.39, 0.29) is 6.54 Å². The Bertz CT molecular complexity index is 300. The lowest BCUT2D eigenvalue weighted by Crippen LogP contribution is -2.10. The van der Waals surface area contributed by atoms with E-state index in [0.717, 1.165) is 0 Å². The normalized spacial score (nSPS) is 10.2. The number of rotatable bonds is 3. The lowest BCUT2D eigenvalue weighted by atomic mass is 10.3. The van der Waals surface area contributed by atoms with E-state index in [2.05, 4.69) is 8.44 Å². The Morgan fingerprint density at radius 3 is 2.69 bits per heavy atom. The van der Waals surface area contributed by atoms with Crippen molar-refractivity contribution in [2.45, 2.75) is 0 Å². The van der Waals surface area contributed by atoms with Crippen LogP contribution < -0.4 is 4.74 Å². The van der Waals surface area contributed by atoms with Gasteiger partial charge in [0.15, 0.2) is 6.54 Å². The highest BCUT2D eigenvalue weighted by molar-refractivity contribution is 14.1. The van der Waals surface area contributed by atoms with Gasteiger partial charge in [-0.2, -0.15) is 5.11 Å². The Hall–Kier alpha value is -0.980. The number of carbonyl (C=O) groups excluding carboxylic acids is 1. The summed E-state index contributed by atoms with van der Waals surface area (Å²) in [5.41, 5.74) is 0. The zero-order valence-corrected chi connectivity index (χ0v) is 8.84. The zero-order chi connectivity index (χ0) is 9.52. The molecule has 0 heterocycles. The van der Waals surface area contributed by atoms with Gasteiger partial charge in [-0.1, -0.05) is 18.2 Å². The van der Waals surface area contributed by atoms with Crippen molar-refractivity contribution in [1.29, 1.82) is 0 Å². The van der Waals surface area contributed by atoms with Crippen molar-refractivity contribution in [3.8, 4) is 5.75 Å². The van der Waals surface area contributed by atoms with Crippen LogP contribution in [0.25, 0.3) is 0 Å². The molecule has 0 atom stereocenters. The number of carbonyl (C=O) groups is 1. The molecule has 13 heavy (non-hydrogen) atoms. The van der Waals surface area contributed by atoms with Gasteiger partial charge >= 0.3 is 5.97 Å². The van der Waals surface area contributed by atoms with Crippen molar-refractivity contribution in [3.05, 3.63) is 30.3 Å². The minimum absolute atomic E-state index is 0.0438. The Kier molecular flexibility index (Phi) is 4.37. The molecule has 0 bridgehead atoms. The number of nitrogens with zero attached hydrogens (tertiary/aromatic N) is 2. The summed E-state index contributed by atoms with van der Waals surface area (Å²) < 4.78 is 8.33. The highest BCUT2D eigenvalue weighted by Gasteiger charge is 2.01. The van der Waals surface area contributed by atoms with E-state index in [1.807, 2.05) is 6.07 Å². The number of ether oxygens (including phenoxy) is 1. The number of halogens is 1. The molecule has 68 valence electrons. The van der Waals surface area contributed by atoms with Gasteiger partial charge in [-0.05, 0) is 12.1 Å². The molecule has 0 unspecified atom stereocenters. The number of para-hydroxylation sites is 1. The maximum Gasteiger partial charge on any atom is 0.335 e. The first-order valence-electron chi connectivity index (χ1n) is 3.56. The lowest BCUT2D eigenvalue weighted by Gasteiger charge is -1.99. The van der Waals surface area contributed by atoms with Crippen LogP contribution in [-0.4, -0.2) is 12.5 Å². The quantitative estimate of drug-likeness (QED) is 0.371. The summed E-state index contributed by atoms with van der Waals surface area (Å²) in [7, 11) is 0. The molecule has 1 aromatic carbocycles. The van der Waals surface area contributed by atoms with E-state index in [1.54, 1.807) is 47.1 Å². The van der Waals surface area contributed by atoms with E-state index in [1.165, 1.54) is 0 Å². The van der Waals surface area contributed by atoms with E-state index in [0.29, 0.717) is 5.75 Å². The minimum atomic E-state index is -0.411. The molecule has 0 saturated carbocycles. The summed E-state index contributed by atoms with van der Waals surface area (Å²) in [6.45, 7) is -0.0438. The Labute approximate surface area is 89.5 Å². The molecule has 0 aliphatic heterocycles. The average molecular weight is 290 g/mol. The first kappa shape index (κ1) is 10.1. The van der Waals surface area contributed by atoms with Gasteiger partial charge in [0.1, 0.15) is 28.6 Å². The molecular formula is C8H7IN2O2. The van der Waals surface area contributed by atoms with Crippen molar-refractivity contribution in [2.75, 3.05) is 6.54 Å². The number of hydrogen-bond donors (Lipinski definition) is 0. The predicted molar refractivity (Wildman–Crippen MR) is 55.8 cm³/mol. The zero-order valence-electron chi connectivity index (χ0n) is 6.68. The van der Waals surface area contributed by atoms with Crippen molar-refractivity contribution in [1.82, 2.24) is 0 Å². The van der Waals surface area contributed by atoms with Gasteiger partial charge in [0.25, 0.3) is 0 Å². The number of esters is 1. The molecule has 0 fully saturated rings. The van der Waals surface area contributed by atoms with Crippen LogP contribution in [0, 0.1) is 0 Å². The Balaban J connectivity index is 2.46. The molecule has 5 heteroatoms. The lowest BCUT2D eigenvalue weighted by molar-refractivity contribution is -0.132. The Morgan fingerprint density at radius 2 is 2.08 bits per heavy atom. The monoisotopic (exact) mass is 290 g/mol. The molecule has 4 nitrogen and oxygen atoms in total. The van der Waals surface area contributed by atoms with Crippen molar-refractivity contribution in [2.24, 2.45) is 8.44 Å². The summed E-state index contributed by atoms with van der Waals surface area (Å²) in [5.74, 6) is 0.114. The van der Waals surface area contributed by atoms with Crippen LogP contribution in [0.3, 0.4) is 0 Å². The number of benzene rings is 1. The maximum atomic E-state index is 11.0. The SMILES string of the molecule is O=C(C/N=N/I)Oc1ccccc1. The van der Waals surface area contributed by atoms with E-state index in [9.17, 15) is 4.79 Å². The van der Waals surface area contributed by atoms with Gasteiger partial charge in [-0.3, -0.25) is 0 Å². The molecule has 0 radical (unpaired) electrons. The van der Waals surface area contributed by atoms with Crippen LogP contribution in [0.15, 0.2) is 38.8 Å². The molecule has 0 spiro atoms. The van der Waals surface area contributed by atoms with Crippen molar-refractivity contribution < 1.29 is 9.53 Å². The molecular weight excluding hydrogens is 283 g/mol. The minimum Gasteiger partial charge on any atom is -0.425 e. The van der Waals surface area contributed by atoms with Crippen LogP contribution in [0.1, 0.15) is 0 Å². The maximum absolute atomic E-state index is 11.0. The Morgan fingerprint density at radius 1 is 1.38 bits per heavy atom. The fourth-order valence-corrected chi connectivity index (χ4v) is 0.889. The van der Waals surface area contributed by atoms with Crippen LogP contribution in [-0.2, 0) is 4.79 Å². The summed E-state index contributed by atoms with van der Waals surface area (Å²) >= 11 is 1.70. The second kappa shape index (κ2) is 5.63. The van der Waals surface area contributed by atoms with Crippen LogP contribution in [0.2, 0.25) is 0 Å². The smallest absolute Gasteiger partial charge is 0.335 e. The fourth-order valence-electron chi connectivity index (χ4n) is 0.737. The average Bonchev–Trinajstić information content (AvgIpc) is 2.16. The third-order valence-corrected chi connectivity index (χ3v) is 1.53. The van der Waals surface area contributed by atoms with E-state index >= 15 is 0 Å². The summed E-state index contributed by atoms with van der Waals surface area (Å²) in [6.07, 6.45) is 0. The van der Waals surface area contributed by atoms with Crippen LogP contribution >= 0.6 is 22.9 Å². The van der Waals surface area contributed by atoms with E-state index < -0.39 is 5.97 Å². The number of hydrogen-bond acceptors (Lipinski definition) is 4. The van der Waals surface area contributed by atoms with Crippen LogP contribution in [0.5, 0.6) is 5.75 Å². The third kappa shape index (κ3) is 3.97. The molecule has 0 aromatic heterocycles. The predicted octanol–water partition coefficient (Wildman–Crippen LogP) is 2.39. The highest BCUT2D eigenvalue weighted by atomic mass is 127. The fraction of sp³-hybridized carbons (Fsp3) is 0.125.